The molecule has 0 unspecified atom stereocenters. The van der Waals surface area contributed by atoms with Crippen molar-refractivity contribution in [3.8, 4) is 16.9 Å². The number of aromatic hydroxyl groups is 1. The van der Waals surface area contributed by atoms with Crippen molar-refractivity contribution in [3.63, 3.8) is 0 Å². The summed E-state index contributed by atoms with van der Waals surface area (Å²) in [6, 6.07) is 32.7. The van der Waals surface area contributed by atoms with Crippen LogP contribution in [0, 0.1) is 0 Å². The monoisotopic (exact) mass is 765 g/mol. The van der Waals surface area contributed by atoms with Gasteiger partial charge in [-0.3, -0.25) is 4.90 Å². The number of halogens is 2. The van der Waals surface area contributed by atoms with E-state index < -0.39 is 30.5 Å². The van der Waals surface area contributed by atoms with E-state index >= 15 is 0 Å². The molecule has 5 aromatic rings. The summed E-state index contributed by atoms with van der Waals surface area (Å²) in [5.74, 6) is -0.818. The van der Waals surface area contributed by atoms with Crippen LogP contribution in [0.1, 0.15) is 16.7 Å². The first-order chi connectivity index (χ1) is 24.2. The number of carbonyl (C=O) groups is 1. The van der Waals surface area contributed by atoms with Gasteiger partial charge in [0.1, 0.15) is 4.90 Å². The second-order valence-electron chi connectivity index (χ2n) is 12.2. The van der Waals surface area contributed by atoms with Crippen molar-refractivity contribution < 1.29 is 26.7 Å². The first-order valence-electron chi connectivity index (χ1n) is 15.8. The van der Waals surface area contributed by atoms with Crippen LogP contribution in [0.25, 0.3) is 11.1 Å². The molecule has 0 aliphatic heterocycles. The maximum absolute atomic E-state index is 14.2. The summed E-state index contributed by atoms with van der Waals surface area (Å²) < 4.78 is 56.3. The highest BCUT2D eigenvalue weighted by molar-refractivity contribution is 7.91. The summed E-state index contributed by atoms with van der Waals surface area (Å²) in [7, 11) is -3.30. The van der Waals surface area contributed by atoms with Gasteiger partial charge in [0.05, 0.1) is 15.7 Å². The molecule has 266 valence electrons. The number of phenolic OH excluding ortho intramolecular Hbond substituents is 1. The van der Waals surface area contributed by atoms with Crippen molar-refractivity contribution in [1.82, 2.24) is 9.21 Å². The van der Waals surface area contributed by atoms with Crippen LogP contribution in [0.15, 0.2) is 125 Å². The molecule has 5 aromatic carbocycles. The smallest absolute Gasteiger partial charge is 0.323 e. The van der Waals surface area contributed by atoms with Crippen molar-refractivity contribution in [2.75, 3.05) is 31.8 Å². The molecule has 0 aliphatic carbocycles. The lowest BCUT2D eigenvalue weighted by Crippen LogP contribution is -2.36. The summed E-state index contributed by atoms with van der Waals surface area (Å²) in [4.78, 5) is 14.8. The number of aryl methyl sites for hydroxylation is 1. The summed E-state index contributed by atoms with van der Waals surface area (Å²) in [5.41, 5.74) is 4.42. The minimum Gasteiger partial charge on any atom is -0.505 e. The van der Waals surface area contributed by atoms with Gasteiger partial charge in [-0.25, -0.2) is 21.6 Å². The molecule has 51 heavy (non-hydrogen) atoms. The van der Waals surface area contributed by atoms with Gasteiger partial charge in [-0.05, 0) is 64.6 Å². The van der Waals surface area contributed by atoms with Crippen molar-refractivity contribution in [2.24, 2.45) is 0 Å². The molecule has 0 fully saturated rings. The number of anilines is 1. The maximum Gasteiger partial charge on any atom is 0.323 e. The number of nitrogens with zero attached hydrogens (tertiary/aromatic N) is 3. The first kappa shape index (κ1) is 37.9. The number of hydrogen-bond donors (Lipinski definition) is 1. The molecule has 0 bridgehead atoms. The van der Waals surface area contributed by atoms with E-state index in [-0.39, 0.29) is 46.2 Å². The molecule has 1 N–H and O–H groups in total. The van der Waals surface area contributed by atoms with E-state index in [4.69, 9.17) is 23.2 Å². The fourth-order valence-electron chi connectivity index (χ4n) is 5.49. The second-order valence-corrected chi connectivity index (χ2v) is 17.1. The van der Waals surface area contributed by atoms with Gasteiger partial charge in [0, 0.05) is 44.9 Å². The van der Waals surface area contributed by atoms with Gasteiger partial charge in [-0.2, -0.15) is 4.31 Å². The zero-order valence-electron chi connectivity index (χ0n) is 28.2. The van der Waals surface area contributed by atoms with Gasteiger partial charge in [0.2, 0.25) is 10.0 Å². The van der Waals surface area contributed by atoms with Crippen LogP contribution >= 0.6 is 23.2 Å². The Morgan fingerprint density at radius 1 is 0.686 bits per heavy atom. The van der Waals surface area contributed by atoms with Crippen LogP contribution in [-0.4, -0.2) is 64.1 Å². The molecule has 2 amide bonds. The molecule has 0 atom stereocenters. The van der Waals surface area contributed by atoms with Crippen molar-refractivity contribution in [1.29, 1.82) is 0 Å². The Bertz CT molecular complexity index is 2250. The Morgan fingerprint density at radius 3 is 2.00 bits per heavy atom. The SMILES string of the molecule is CN(C)C(=O)N(C)c1cccc(S(=O)(=O)CCc2cccc(CN(Cc3ccc(-c4ccccc4)cc3)S(=O)(=O)c3cc(Cl)cc(Cl)c3O)c2)c1. The van der Waals surface area contributed by atoms with E-state index in [2.05, 4.69) is 0 Å². The molecule has 9 nitrogen and oxygen atoms in total. The highest BCUT2D eigenvalue weighted by Crippen LogP contribution is 2.37. The number of carbonyl (C=O) groups excluding carboxylic acids is 1. The first-order valence-corrected chi connectivity index (χ1v) is 19.7. The maximum atomic E-state index is 14.2. The predicted octanol–water partition coefficient (Wildman–Crippen LogP) is 7.89. The van der Waals surface area contributed by atoms with E-state index in [1.165, 1.54) is 32.3 Å². The van der Waals surface area contributed by atoms with Crippen LogP contribution in [0.4, 0.5) is 10.5 Å². The Balaban J connectivity index is 1.40. The van der Waals surface area contributed by atoms with Crippen molar-refractivity contribution >= 4 is 54.8 Å². The number of sulfonamides is 1. The quantitative estimate of drug-likeness (QED) is 0.138. The Morgan fingerprint density at radius 2 is 1.31 bits per heavy atom. The Kier molecular flexibility index (Phi) is 11.8. The van der Waals surface area contributed by atoms with Crippen molar-refractivity contribution in [2.45, 2.75) is 29.3 Å². The fraction of sp³-hybridized carbons (Fsp3) is 0.184. The number of urea groups is 1. The summed E-state index contributed by atoms with van der Waals surface area (Å²) in [6.45, 7) is -0.137. The zero-order valence-corrected chi connectivity index (χ0v) is 31.3. The number of phenols is 1. The van der Waals surface area contributed by atoms with Crippen LogP contribution in [0.2, 0.25) is 10.0 Å². The number of benzene rings is 5. The molecule has 5 rings (SSSR count). The molecule has 0 aromatic heterocycles. The van der Waals surface area contributed by atoms with E-state index in [0.717, 1.165) is 17.2 Å². The lowest BCUT2D eigenvalue weighted by molar-refractivity contribution is 0.225. The molecule has 0 radical (unpaired) electrons. The Hall–Kier alpha value is -4.39. The summed E-state index contributed by atoms with van der Waals surface area (Å²) in [6.07, 6.45) is 0.158. The number of sulfone groups is 1. The van der Waals surface area contributed by atoms with Gasteiger partial charge in [0.25, 0.3) is 0 Å². The number of amides is 2. The standard InChI is InChI=1S/C38H37Cl2N3O6S2/c1-41(2)38(45)42(3)33-13-8-14-34(24-33)50(46,47)20-19-27-9-7-10-29(21-27)26-43(51(48,49)36-23-32(39)22-35(40)37(36)44)25-28-15-17-31(18-16-28)30-11-5-4-6-12-30/h4-18,21-24,44H,19-20,25-26H2,1-3H3. The number of hydrogen-bond acceptors (Lipinski definition) is 6. The predicted molar refractivity (Wildman–Crippen MR) is 203 cm³/mol. The average Bonchev–Trinajstić information content (AvgIpc) is 3.12. The third kappa shape index (κ3) is 9.10. The summed E-state index contributed by atoms with van der Waals surface area (Å²) >= 11 is 12.3. The molecule has 13 heteroatoms. The van der Waals surface area contributed by atoms with Crippen LogP contribution in [0.3, 0.4) is 0 Å². The highest BCUT2D eigenvalue weighted by atomic mass is 35.5. The van der Waals surface area contributed by atoms with Crippen LogP contribution < -0.4 is 4.90 Å². The van der Waals surface area contributed by atoms with Crippen molar-refractivity contribution in [3.05, 3.63) is 142 Å². The van der Waals surface area contributed by atoms with Gasteiger partial charge >= 0.3 is 6.03 Å². The van der Waals surface area contributed by atoms with E-state index in [0.29, 0.717) is 22.4 Å². The molecule has 0 spiro atoms. The molecular weight excluding hydrogens is 729 g/mol. The largest absolute Gasteiger partial charge is 0.505 e. The summed E-state index contributed by atoms with van der Waals surface area (Å²) in [5, 5.41) is 10.6. The molecule has 0 aliphatic rings. The molecule has 0 heterocycles. The van der Waals surface area contributed by atoms with E-state index in [1.54, 1.807) is 57.5 Å². The van der Waals surface area contributed by atoms with Gasteiger partial charge in [0.15, 0.2) is 15.6 Å². The lowest BCUT2D eigenvalue weighted by atomic mass is 10.0. The minimum absolute atomic E-state index is 0.0410. The normalized spacial score (nSPS) is 11.8. The lowest BCUT2D eigenvalue weighted by Gasteiger charge is -2.24. The molecule has 0 saturated heterocycles. The molecule has 0 saturated carbocycles. The third-order valence-corrected chi connectivity index (χ3v) is 12.3. The Labute approximate surface area is 309 Å². The zero-order chi connectivity index (χ0) is 36.9. The van der Waals surface area contributed by atoms with Crippen LogP contribution in [0.5, 0.6) is 5.75 Å². The number of rotatable bonds is 12. The highest BCUT2D eigenvalue weighted by Gasteiger charge is 2.30. The fourth-order valence-corrected chi connectivity index (χ4v) is 8.98. The van der Waals surface area contributed by atoms with E-state index in [9.17, 15) is 26.7 Å². The molecular formula is C38H37Cl2N3O6S2. The topological polar surface area (TPSA) is 115 Å². The van der Waals surface area contributed by atoms with Gasteiger partial charge in [-0.15, -0.1) is 0 Å². The van der Waals surface area contributed by atoms with Crippen LogP contribution in [-0.2, 0) is 39.4 Å². The second kappa shape index (κ2) is 15.9. The average molecular weight is 767 g/mol. The third-order valence-electron chi connectivity index (χ3n) is 8.27. The van der Waals surface area contributed by atoms with Gasteiger partial charge in [-0.1, -0.05) is 108 Å². The minimum atomic E-state index is -4.36. The van der Waals surface area contributed by atoms with Gasteiger partial charge < -0.3 is 10.0 Å². The van der Waals surface area contributed by atoms with E-state index in [1.807, 2.05) is 54.6 Å².